The van der Waals surface area contributed by atoms with Gasteiger partial charge in [0, 0.05) is 6.42 Å². The van der Waals surface area contributed by atoms with E-state index in [4.69, 9.17) is 4.74 Å². The summed E-state index contributed by atoms with van der Waals surface area (Å²) in [6.45, 7) is 7.60. The van der Waals surface area contributed by atoms with Crippen molar-refractivity contribution in [2.45, 2.75) is 265 Å². The molecule has 0 saturated heterocycles. The summed E-state index contributed by atoms with van der Waals surface area (Å²) in [5, 5.41) is 0. The summed E-state index contributed by atoms with van der Waals surface area (Å²) < 4.78 is 5.45. The van der Waals surface area contributed by atoms with Crippen LogP contribution in [0.5, 0.6) is 0 Å². The molecule has 2 nitrogen and oxygen atoms in total. The van der Waals surface area contributed by atoms with E-state index >= 15 is 0 Å². The van der Waals surface area contributed by atoms with E-state index in [2.05, 4.69) is 32.9 Å². The average Bonchev–Trinajstić information content (AvgIpc) is 3.09. The summed E-state index contributed by atoms with van der Waals surface area (Å²) in [6, 6.07) is 0. The van der Waals surface area contributed by atoms with Crippen LogP contribution < -0.4 is 0 Å². The number of allylic oxidation sites excluding steroid dienone is 2. The molecule has 0 bridgehead atoms. The number of rotatable bonds is 41. The molecule has 0 aromatic rings. The van der Waals surface area contributed by atoms with E-state index in [-0.39, 0.29) is 5.97 Å². The van der Waals surface area contributed by atoms with Gasteiger partial charge in [0.1, 0.15) is 0 Å². The van der Waals surface area contributed by atoms with Crippen LogP contribution in [0.15, 0.2) is 12.2 Å². The summed E-state index contributed by atoms with van der Waals surface area (Å²) in [5.74, 6) is 0.956. The molecule has 1 unspecified atom stereocenters. The highest BCUT2D eigenvalue weighted by molar-refractivity contribution is 5.69. The van der Waals surface area contributed by atoms with Crippen molar-refractivity contribution in [3.63, 3.8) is 0 Å². The highest BCUT2D eigenvalue weighted by Crippen LogP contribution is 2.17. The summed E-state index contributed by atoms with van der Waals surface area (Å²) in [7, 11) is 0. The van der Waals surface area contributed by atoms with Gasteiger partial charge in [-0.1, -0.05) is 238 Å². The number of ether oxygens (including phenoxy) is 1. The molecule has 0 rings (SSSR count). The van der Waals surface area contributed by atoms with E-state index in [9.17, 15) is 4.79 Å². The SMILES string of the molecule is CCCCC=CCCCCCCCC(=O)OCCCCCCCCCCCCCCCCCCCCCCCCCCCCC(C)CC. The molecule has 0 heterocycles. The maximum atomic E-state index is 11.9. The number of carbonyl (C=O) groups is 1. The lowest BCUT2D eigenvalue weighted by Gasteiger charge is -2.07. The maximum Gasteiger partial charge on any atom is 0.305 e. The summed E-state index contributed by atoms with van der Waals surface area (Å²) in [5.41, 5.74) is 0. The van der Waals surface area contributed by atoms with Gasteiger partial charge in [0.15, 0.2) is 0 Å². The molecule has 0 aromatic heterocycles. The standard InChI is InChI=1S/C46H90O2/c1-4-6-7-8-9-10-27-31-34-37-40-43-46(47)48-44-41-38-35-32-29-26-24-22-20-18-16-14-12-11-13-15-17-19-21-23-25-28-30-33-36-39-42-45(3)5-2/h8-9,45H,4-7,10-44H2,1-3H3. The Balaban J connectivity index is 3.14. The van der Waals surface area contributed by atoms with Gasteiger partial charge in [-0.2, -0.15) is 0 Å². The molecule has 0 N–H and O–H groups in total. The molecular weight excluding hydrogens is 585 g/mol. The van der Waals surface area contributed by atoms with Crippen LogP contribution in [0.2, 0.25) is 0 Å². The predicted molar refractivity (Wildman–Crippen MR) is 216 cm³/mol. The lowest BCUT2D eigenvalue weighted by molar-refractivity contribution is -0.143. The van der Waals surface area contributed by atoms with Crippen molar-refractivity contribution in [1.29, 1.82) is 0 Å². The minimum Gasteiger partial charge on any atom is -0.466 e. The van der Waals surface area contributed by atoms with Gasteiger partial charge in [-0.25, -0.2) is 0 Å². The molecule has 0 saturated carbocycles. The van der Waals surface area contributed by atoms with Crippen LogP contribution in [0.1, 0.15) is 265 Å². The molecule has 0 radical (unpaired) electrons. The smallest absolute Gasteiger partial charge is 0.305 e. The minimum absolute atomic E-state index is 0.0175. The summed E-state index contributed by atoms with van der Waals surface area (Å²) in [6.07, 6.45) is 56.1. The molecule has 0 aromatic carbocycles. The summed E-state index contributed by atoms with van der Waals surface area (Å²) in [4.78, 5) is 11.9. The molecule has 1 atom stereocenters. The third-order valence-electron chi connectivity index (χ3n) is 10.7. The minimum atomic E-state index is 0.0175. The molecule has 0 aliphatic rings. The first-order valence-electron chi connectivity index (χ1n) is 22.5. The van der Waals surface area contributed by atoms with Crippen molar-refractivity contribution >= 4 is 5.97 Å². The molecule has 0 fully saturated rings. The van der Waals surface area contributed by atoms with Crippen molar-refractivity contribution in [3.05, 3.63) is 12.2 Å². The lowest BCUT2D eigenvalue weighted by Crippen LogP contribution is -2.05. The number of hydrogen-bond acceptors (Lipinski definition) is 2. The molecule has 48 heavy (non-hydrogen) atoms. The Bertz CT molecular complexity index is 626. The molecule has 0 amide bonds. The van der Waals surface area contributed by atoms with Crippen molar-refractivity contribution in [3.8, 4) is 0 Å². The van der Waals surface area contributed by atoms with Crippen LogP contribution in [0.3, 0.4) is 0 Å². The van der Waals surface area contributed by atoms with Crippen molar-refractivity contribution in [1.82, 2.24) is 0 Å². The fourth-order valence-corrected chi connectivity index (χ4v) is 6.92. The predicted octanol–water partition coefficient (Wildman–Crippen LogP) is 16.6. The van der Waals surface area contributed by atoms with E-state index < -0.39 is 0 Å². The molecule has 286 valence electrons. The van der Waals surface area contributed by atoms with E-state index in [0.29, 0.717) is 13.0 Å². The van der Waals surface area contributed by atoms with Crippen LogP contribution in [-0.4, -0.2) is 12.6 Å². The van der Waals surface area contributed by atoms with Crippen LogP contribution in [0.4, 0.5) is 0 Å². The second-order valence-corrected chi connectivity index (χ2v) is 15.6. The zero-order valence-corrected chi connectivity index (χ0v) is 33.6. The molecular formula is C46H90O2. The first kappa shape index (κ1) is 47.2. The van der Waals surface area contributed by atoms with Gasteiger partial charge in [0.05, 0.1) is 6.61 Å². The zero-order valence-electron chi connectivity index (χ0n) is 33.6. The lowest BCUT2D eigenvalue weighted by atomic mass is 9.99. The normalized spacial score (nSPS) is 12.3. The second-order valence-electron chi connectivity index (χ2n) is 15.6. The van der Waals surface area contributed by atoms with Gasteiger partial charge < -0.3 is 4.74 Å². The fourth-order valence-electron chi connectivity index (χ4n) is 6.92. The summed E-state index contributed by atoms with van der Waals surface area (Å²) >= 11 is 0. The van der Waals surface area contributed by atoms with Gasteiger partial charge in [0.25, 0.3) is 0 Å². The van der Waals surface area contributed by atoms with Gasteiger partial charge in [0.2, 0.25) is 0 Å². The average molecular weight is 675 g/mol. The van der Waals surface area contributed by atoms with E-state index in [1.165, 1.54) is 218 Å². The topological polar surface area (TPSA) is 26.3 Å². The Kier molecular flexibility index (Phi) is 41.7. The van der Waals surface area contributed by atoms with E-state index in [0.717, 1.165) is 25.2 Å². The first-order chi connectivity index (χ1) is 23.7. The van der Waals surface area contributed by atoms with Crippen LogP contribution >= 0.6 is 0 Å². The Morgan fingerprint density at radius 2 is 0.771 bits per heavy atom. The quantitative estimate of drug-likeness (QED) is 0.0366. The Morgan fingerprint density at radius 3 is 1.17 bits per heavy atom. The molecule has 2 heteroatoms. The second kappa shape index (κ2) is 42.4. The molecule has 0 aliphatic heterocycles. The number of esters is 1. The van der Waals surface area contributed by atoms with E-state index in [1.54, 1.807) is 0 Å². The highest BCUT2D eigenvalue weighted by Gasteiger charge is 2.03. The van der Waals surface area contributed by atoms with Crippen molar-refractivity contribution in [2.24, 2.45) is 5.92 Å². The van der Waals surface area contributed by atoms with E-state index in [1.807, 2.05) is 0 Å². The number of carbonyl (C=O) groups excluding carboxylic acids is 1. The molecule has 0 aliphatic carbocycles. The third-order valence-corrected chi connectivity index (χ3v) is 10.7. The highest BCUT2D eigenvalue weighted by atomic mass is 16.5. The van der Waals surface area contributed by atoms with Gasteiger partial charge in [-0.15, -0.1) is 0 Å². The zero-order chi connectivity index (χ0) is 34.9. The van der Waals surface area contributed by atoms with Crippen molar-refractivity contribution < 1.29 is 9.53 Å². The molecule has 0 spiro atoms. The van der Waals surface area contributed by atoms with Gasteiger partial charge in [-0.3, -0.25) is 4.79 Å². The maximum absolute atomic E-state index is 11.9. The first-order valence-corrected chi connectivity index (χ1v) is 22.5. The third kappa shape index (κ3) is 41.4. The fraction of sp³-hybridized carbons (Fsp3) is 0.935. The number of unbranched alkanes of at least 4 members (excludes halogenated alkanes) is 32. The Hall–Kier alpha value is -0.790. The number of hydrogen-bond donors (Lipinski definition) is 0. The monoisotopic (exact) mass is 675 g/mol. The van der Waals surface area contributed by atoms with Gasteiger partial charge in [-0.05, 0) is 38.0 Å². The van der Waals surface area contributed by atoms with Crippen LogP contribution in [0.25, 0.3) is 0 Å². The van der Waals surface area contributed by atoms with Crippen LogP contribution in [-0.2, 0) is 9.53 Å². The van der Waals surface area contributed by atoms with Crippen molar-refractivity contribution in [2.75, 3.05) is 6.61 Å². The largest absolute Gasteiger partial charge is 0.466 e. The van der Waals surface area contributed by atoms with Gasteiger partial charge >= 0.3 is 5.97 Å². The Morgan fingerprint density at radius 1 is 0.438 bits per heavy atom. The Labute approximate surface area is 304 Å². The van der Waals surface area contributed by atoms with Crippen LogP contribution in [0, 0.1) is 5.92 Å².